The highest BCUT2D eigenvalue weighted by atomic mass is 16.7. The third kappa shape index (κ3) is 28.4. The van der Waals surface area contributed by atoms with Crippen LogP contribution in [0.1, 0.15) is 232 Å². The van der Waals surface area contributed by atoms with Gasteiger partial charge in [-0.2, -0.15) is 0 Å². The Bertz CT molecular complexity index is 928. The van der Waals surface area contributed by atoms with Crippen LogP contribution in [0.5, 0.6) is 0 Å². The number of unbranched alkanes of at least 4 members (excludes halogenated alkanes) is 30. The van der Waals surface area contributed by atoms with E-state index in [0.717, 1.165) is 25.7 Å². The number of ether oxygens (including phenoxy) is 2. The number of rotatable bonds is 42. The maximum Gasteiger partial charge on any atom is 0.249 e. The molecule has 1 amide bonds. The Balaban J connectivity index is 2.03. The Labute approximate surface area is 360 Å². The molecule has 1 aliphatic heterocycles. The number of hydrogen-bond acceptors (Lipinski definition) is 10. The molecule has 1 fully saturated rings. The van der Waals surface area contributed by atoms with Crippen LogP contribution in [0.3, 0.4) is 0 Å². The van der Waals surface area contributed by atoms with Crippen LogP contribution in [0.4, 0.5) is 0 Å². The van der Waals surface area contributed by atoms with E-state index in [9.17, 15) is 40.5 Å². The predicted octanol–water partition coefficient (Wildman–Crippen LogP) is 8.67. The number of aliphatic hydroxyl groups excluding tert-OH is 7. The molecule has 9 unspecified atom stereocenters. The zero-order chi connectivity index (χ0) is 43.4. The summed E-state index contributed by atoms with van der Waals surface area (Å²) >= 11 is 0. The van der Waals surface area contributed by atoms with Gasteiger partial charge in [0.25, 0.3) is 0 Å². The Hall–Kier alpha value is -0.890. The molecule has 0 bridgehead atoms. The van der Waals surface area contributed by atoms with Gasteiger partial charge in [-0.25, -0.2) is 0 Å². The van der Waals surface area contributed by atoms with Gasteiger partial charge >= 0.3 is 0 Å². The first-order valence-electron chi connectivity index (χ1n) is 24.9. The van der Waals surface area contributed by atoms with Crippen molar-refractivity contribution in [2.75, 3.05) is 13.2 Å². The first kappa shape index (κ1) is 56.1. The van der Waals surface area contributed by atoms with Gasteiger partial charge in [0.2, 0.25) is 5.91 Å². The zero-order valence-electron chi connectivity index (χ0n) is 38.0. The first-order chi connectivity index (χ1) is 28.7. The van der Waals surface area contributed by atoms with Gasteiger partial charge in [-0.1, -0.05) is 219 Å². The summed E-state index contributed by atoms with van der Waals surface area (Å²) in [6, 6.07) is -1.16. The summed E-state index contributed by atoms with van der Waals surface area (Å²) in [6.07, 6.45) is 30.6. The van der Waals surface area contributed by atoms with E-state index in [4.69, 9.17) is 9.47 Å². The Kier molecular flexibility index (Phi) is 36.9. The van der Waals surface area contributed by atoms with Gasteiger partial charge in [0, 0.05) is 0 Å². The summed E-state index contributed by atoms with van der Waals surface area (Å²) < 4.78 is 10.9. The summed E-state index contributed by atoms with van der Waals surface area (Å²) in [5.41, 5.74) is 0. The number of carbonyl (C=O) groups excluding carboxylic acids is 1. The predicted molar refractivity (Wildman–Crippen MR) is 238 cm³/mol. The van der Waals surface area contributed by atoms with E-state index in [2.05, 4.69) is 12.2 Å². The molecule has 0 radical (unpaired) electrons. The molecular formula is C48H95NO10. The smallest absolute Gasteiger partial charge is 0.249 e. The van der Waals surface area contributed by atoms with E-state index in [-0.39, 0.29) is 12.8 Å². The summed E-state index contributed by atoms with van der Waals surface area (Å²) in [6.45, 7) is 3.18. The molecule has 9 atom stereocenters. The van der Waals surface area contributed by atoms with Crippen molar-refractivity contribution < 1.29 is 50.0 Å². The van der Waals surface area contributed by atoms with Crippen molar-refractivity contribution in [2.45, 2.75) is 287 Å². The quantitative estimate of drug-likeness (QED) is 0.0276. The molecule has 1 aliphatic rings. The van der Waals surface area contributed by atoms with Crippen molar-refractivity contribution in [1.82, 2.24) is 5.32 Å². The van der Waals surface area contributed by atoms with Crippen LogP contribution in [0.15, 0.2) is 0 Å². The largest absolute Gasteiger partial charge is 0.394 e. The zero-order valence-corrected chi connectivity index (χ0v) is 38.0. The lowest BCUT2D eigenvalue weighted by Crippen LogP contribution is -2.60. The number of amides is 1. The highest BCUT2D eigenvalue weighted by Gasteiger charge is 2.44. The average Bonchev–Trinajstić information content (AvgIpc) is 3.24. The molecule has 8 N–H and O–H groups in total. The molecule has 1 saturated heterocycles. The molecule has 1 heterocycles. The van der Waals surface area contributed by atoms with Crippen molar-refractivity contribution in [3.63, 3.8) is 0 Å². The van der Waals surface area contributed by atoms with Crippen molar-refractivity contribution in [2.24, 2.45) is 0 Å². The van der Waals surface area contributed by atoms with Crippen LogP contribution in [0.2, 0.25) is 0 Å². The summed E-state index contributed by atoms with van der Waals surface area (Å²) in [7, 11) is 0. The number of nitrogens with one attached hydrogen (secondary N) is 1. The van der Waals surface area contributed by atoms with Gasteiger partial charge in [0.1, 0.15) is 36.6 Å². The lowest BCUT2D eigenvalue weighted by molar-refractivity contribution is -0.303. The fourth-order valence-corrected chi connectivity index (χ4v) is 8.25. The standard InChI is InChI=1S/C48H95NO10/c1-3-5-7-8-9-10-11-12-13-14-15-16-17-18-19-20-21-22-23-24-25-26-27-28-29-30-31-32-33-34-36-41(52)47(57)49-39(43(53)40(51)35-6-4-2)38-58-48-46(56)45(55)44(54)42(37-50)59-48/h39-46,48,50-56H,3-38H2,1-2H3,(H,49,57). The van der Waals surface area contributed by atoms with Gasteiger partial charge in [-0.05, 0) is 12.8 Å². The fraction of sp³-hybridized carbons (Fsp3) is 0.979. The summed E-state index contributed by atoms with van der Waals surface area (Å²) in [5, 5.41) is 74.4. The monoisotopic (exact) mass is 846 g/mol. The molecule has 0 aromatic heterocycles. The number of hydrogen-bond donors (Lipinski definition) is 8. The van der Waals surface area contributed by atoms with E-state index < -0.39 is 74.2 Å². The summed E-state index contributed by atoms with van der Waals surface area (Å²) in [5.74, 6) is -0.704. The van der Waals surface area contributed by atoms with E-state index in [1.807, 2.05) is 6.92 Å². The molecule has 0 spiro atoms. The van der Waals surface area contributed by atoms with Crippen LogP contribution >= 0.6 is 0 Å². The third-order valence-corrected chi connectivity index (χ3v) is 12.4. The molecule has 0 aliphatic carbocycles. The molecule has 11 nitrogen and oxygen atoms in total. The third-order valence-electron chi connectivity index (χ3n) is 12.4. The van der Waals surface area contributed by atoms with Crippen LogP contribution < -0.4 is 5.32 Å². The van der Waals surface area contributed by atoms with E-state index in [1.165, 1.54) is 167 Å². The summed E-state index contributed by atoms with van der Waals surface area (Å²) in [4.78, 5) is 12.9. The normalized spacial score (nSPS) is 21.7. The highest BCUT2D eigenvalue weighted by Crippen LogP contribution is 2.23. The van der Waals surface area contributed by atoms with Gasteiger partial charge in [0.15, 0.2) is 6.29 Å². The molecule has 59 heavy (non-hydrogen) atoms. The maximum absolute atomic E-state index is 12.9. The highest BCUT2D eigenvalue weighted by molar-refractivity contribution is 5.80. The fourth-order valence-electron chi connectivity index (χ4n) is 8.25. The van der Waals surface area contributed by atoms with Gasteiger partial charge in [0.05, 0.1) is 25.4 Å². The lowest BCUT2D eigenvalue weighted by atomic mass is 9.99. The Morgan fingerprint density at radius 1 is 0.525 bits per heavy atom. The van der Waals surface area contributed by atoms with Crippen LogP contribution in [0.25, 0.3) is 0 Å². The maximum atomic E-state index is 12.9. The second-order valence-corrected chi connectivity index (χ2v) is 17.9. The van der Waals surface area contributed by atoms with Gasteiger partial charge < -0.3 is 50.5 Å². The van der Waals surface area contributed by atoms with Crippen LogP contribution in [0, 0.1) is 0 Å². The molecular weight excluding hydrogens is 751 g/mol. The van der Waals surface area contributed by atoms with Crippen LogP contribution in [-0.4, -0.2) is 110 Å². The minimum Gasteiger partial charge on any atom is -0.394 e. The molecule has 0 aromatic rings. The van der Waals surface area contributed by atoms with Crippen molar-refractivity contribution in [3.8, 4) is 0 Å². The van der Waals surface area contributed by atoms with Gasteiger partial charge in [-0.15, -0.1) is 0 Å². The topological polar surface area (TPSA) is 189 Å². The average molecular weight is 846 g/mol. The second-order valence-electron chi connectivity index (χ2n) is 17.9. The van der Waals surface area contributed by atoms with Crippen molar-refractivity contribution in [3.05, 3.63) is 0 Å². The molecule has 11 heteroatoms. The van der Waals surface area contributed by atoms with E-state index in [1.54, 1.807) is 0 Å². The Morgan fingerprint density at radius 3 is 1.27 bits per heavy atom. The van der Waals surface area contributed by atoms with Crippen molar-refractivity contribution in [1.29, 1.82) is 0 Å². The second kappa shape index (κ2) is 38.8. The number of aliphatic hydroxyl groups is 7. The molecule has 0 aromatic carbocycles. The SMILES string of the molecule is CCCCCCCCCCCCCCCCCCCCCCCCCCCCCCCCC(O)C(=O)NC(COC1OC(CO)C(O)C(O)C1O)C(O)C(O)CCCC. The van der Waals surface area contributed by atoms with E-state index >= 15 is 0 Å². The minimum absolute atomic E-state index is 0.264. The van der Waals surface area contributed by atoms with E-state index in [0.29, 0.717) is 12.8 Å². The van der Waals surface area contributed by atoms with Crippen molar-refractivity contribution >= 4 is 5.91 Å². The van der Waals surface area contributed by atoms with Crippen LogP contribution in [-0.2, 0) is 14.3 Å². The molecule has 352 valence electrons. The molecule has 1 rings (SSSR count). The molecule has 0 saturated carbocycles. The first-order valence-corrected chi connectivity index (χ1v) is 24.9. The lowest BCUT2D eigenvalue weighted by Gasteiger charge is -2.40. The Morgan fingerprint density at radius 2 is 0.898 bits per heavy atom. The van der Waals surface area contributed by atoms with Gasteiger partial charge in [-0.3, -0.25) is 4.79 Å². The number of carbonyl (C=O) groups is 1. The minimum atomic E-state index is -1.65.